The molecule has 0 bridgehead atoms. The van der Waals surface area contributed by atoms with Crippen molar-refractivity contribution >= 4 is 11.9 Å². The number of amides is 1. The van der Waals surface area contributed by atoms with Crippen molar-refractivity contribution in [2.45, 2.75) is 37.5 Å². The SMILES string of the molecule is O=C(NNc1nc(-c2ccccc2)no1)C1(c2ccc(F)cc2)CCCCC1. The van der Waals surface area contributed by atoms with Crippen LogP contribution in [-0.2, 0) is 10.2 Å². The van der Waals surface area contributed by atoms with Gasteiger partial charge in [0.15, 0.2) is 0 Å². The molecule has 0 atom stereocenters. The van der Waals surface area contributed by atoms with Crippen molar-refractivity contribution in [3.8, 4) is 11.4 Å². The maximum atomic E-state index is 13.4. The van der Waals surface area contributed by atoms with Gasteiger partial charge in [-0.05, 0) is 30.5 Å². The molecule has 0 radical (unpaired) electrons. The first-order valence-corrected chi connectivity index (χ1v) is 9.39. The van der Waals surface area contributed by atoms with Crippen molar-refractivity contribution in [2.24, 2.45) is 0 Å². The highest BCUT2D eigenvalue weighted by Crippen LogP contribution is 2.39. The van der Waals surface area contributed by atoms with Gasteiger partial charge in [-0.1, -0.05) is 66.9 Å². The fourth-order valence-corrected chi connectivity index (χ4v) is 3.78. The summed E-state index contributed by atoms with van der Waals surface area (Å²) in [6.45, 7) is 0. The highest BCUT2D eigenvalue weighted by Gasteiger charge is 2.41. The molecule has 144 valence electrons. The van der Waals surface area contributed by atoms with Crippen LogP contribution in [0.15, 0.2) is 59.1 Å². The van der Waals surface area contributed by atoms with Gasteiger partial charge in [-0.25, -0.2) is 9.82 Å². The number of carbonyl (C=O) groups is 1. The molecule has 7 heteroatoms. The molecule has 0 spiro atoms. The summed E-state index contributed by atoms with van der Waals surface area (Å²) in [6, 6.07) is 15.7. The smallest absolute Gasteiger partial charge is 0.313 e. The van der Waals surface area contributed by atoms with E-state index in [0.717, 1.165) is 30.4 Å². The minimum absolute atomic E-state index is 0.109. The van der Waals surface area contributed by atoms with E-state index in [2.05, 4.69) is 21.0 Å². The quantitative estimate of drug-likeness (QED) is 0.648. The molecule has 0 aliphatic heterocycles. The van der Waals surface area contributed by atoms with Crippen molar-refractivity contribution in [1.82, 2.24) is 15.6 Å². The first kappa shape index (κ1) is 18.2. The zero-order valence-electron chi connectivity index (χ0n) is 15.3. The summed E-state index contributed by atoms with van der Waals surface area (Å²) in [4.78, 5) is 17.3. The lowest BCUT2D eigenvalue weighted by Gasteiger charge is -2.36. The Bertz CT molecular complexity index is 935. The van der Waals surface area contributed by atoms with E-state index in [1.54, 1.807) is 12.1 Å². The average Bonchev–Trinajstić information content (AvgIpc) is 3.23. The molecule has 0 saturated heterocycles. The number of aromatic nitrogens is 2. The molecule has 1 fully saturated rings. The summed E-state index contributed by atoms with van der Waals surface area (Å²) in [6.07, 6.45) is 4.41. The molecule has 1 aliphatic carbocycles. The zero-order chi connectivity index (χ0) is 19.4. The second-order valence-electron chi connectivity index (χ2n) is 7.02. The van der Waals surface area contributed by atoms with Gasteiger partial charge < -0.3 is 4.52 Å². The van der Waals surface area contributed by atoms with Gasteiger partial charge in [-0.15, -0.1) is 0 Å². The number of benzene rings is 2. The molecule has 4 rings (SSSR count). The molecule has 3 aromatic rings. The van der Waals surface area contributed by atoms with E-state index >= 15 is 0 Å². The Hall–Kier alpha value is -3.22. The monoisotopic (exact) mass is 380 g/mol. The summed E-state index contributed by atoms with van der Waals surface area (Å²) in [5, 5.41) is 3.92. The maximum absolute atomic E-state index is 13.4. The van der Waals surface area contributed by atoms with Crippen LogP contribution in [0.25, 0.3) is 11.4 Å². The van der Waals surface area contributed by atoms with E-state index in [0.29, 0.717) is 18.7 Å². The van der Waals surface area contributed by atoms with Crippen LogP contribution in [0.5, 0.6) is 0 Å². The molecule has 1 heterocycles. The molecule has 2 aromatic carbocycles. The fraction of sp³-hybridized carbons (Fsp3) is 0.286. The highest BCUT2D eigenvalue weighted by molar-refractivity contribution is 5.89. The predicted molar refractivity (Wildman–Crippen MR) is 103 cm³/mol. The molecule has 2 N–H and O–H groups in total. The largest absolute Gasteiger partial charge is 0.340 e. The third-order valence-corrected chi connectivity index (χ3v) is 5.28. The van der Waals surface area contributed by atoms with Gasteiger partial charge in [0.25, 0.3) is 0 Å². The number of nitrogens with zero attached hydrogens (tertiary/aromatic N) is 2. The average molecular weight is 380 g/mol. The molecule has 1 amide bonds. The van der Waals surface area contributed by atoms with Crippen LogP contribution in [0.2, 0.25) is 0 Å². The summed E-state index contributed by atoms with van der Waals surface area (Å²) in [7, 11) is 0. The van der Waals surface area contributed by atoms with E-state index in [4.69, 9.17) is 4.52 Å². The lowest BCUT2D eigenvalue weighted by Crippen LogP contribution is -2.47. The van der Waals surface area contributed by atoms with Crippen LogP contribution in [0, 0.1) is 5.82 Å². The molecule has 1 aromatic heterocycles. The van der Waals surface area contributed by atoms with E-state index in [1.165, 1.54) is 12.1 Å². The van der Waals surface area contributed by atoms with Crippen LogP contribution in [0.1, 0.15) is 37.7 Å². The van der Waals surface area contributed by atoms with E-state index in [9.17, 15) is 9.18 Å². The number of hydrogen-bond donors (Lipinski definition) is 2. The number of halogens is 1. The topological polar surface area (TPSA) is 80.0 Å². The van der Waals surface area contributed by atoms with Gasteiger partial charge in [0, 0.05) is 5.56 Å². The normalized spacial score (nSPS) is 15.8. The number of anilines is 1. The van der Waals surface area contributed by atoms with Crippen molar-refractivity contribution in [3.63, 3.8) is 0 Å². The van der Waals surface area contributed by atoms with Crippen LogP contribution in [-0.4, -0.2) is 16.0 Å². The highest BCUT2D eigenvalue weighted by atomic mass is 19.1. The lowest BCUT2D eigenvalue weighted by atomic mass is 9.69. The van der Waals surface area contributed by atoms with Crippen LogP contribution < -0.4 is 10.9 Å². The number of carbonyl (C=O) groups excluding carboxylic acids is 1. The second-order valence-corrected chi connectivity index (χ2v) is 7.02. The Morgan fingerprint density at radius 1 is 1.00 bits per heavy atom. The first-order valence-electron chi connectivity index (χ1n) is 9.39. The van der Waals surface area contributed by atoms with Crippen molar-refractivity contribution in [3.05, 3.63) is 66.0 Å². The van der Waals surface area contributed by atoms with Crippen molar-refractivity contribution < 1.29 is 13.7 Å². The molecule has 1 aliphatic rings. The second kappa shape index (κ2) is 7.80. The standard InChI is InChI=1S/C21H21FN4O2/c22-17-11-9-16(10-12-17)21(13-5-2-6-14-21)19(27)24-25-20-23-18(26-28-20)15-7-3-1-4-8-15/h1,3-4,7-12H,2,5-6,13-14H2,(H,24,27)(H,23,25,26). The Balaban J connectivity index is 1.49. The lowest BCUT2D eigenvalue weighted by molar-refractivity contribution is -0.127. The third-order valence-electron chi connectivity index (χ3n) is 5.28. The maximum Gasteiger partial charge on any atom is 0.340 e. The number of rotatable bonds is 5. The molecule has 28 heavy (non-hydrogen) atoms. The van der Waals surface area contributed by atoms with Gasteiger partial charge in [-0.2, -0.15) is 4.98 Å². The number of hydrogen-bond acceptors (Lipinski definition) is 5. The zero-order valence-corrected chi connectivity index (χ0v) is 15.3. The molecule has 6 nitrogen and oxygen atoms in total. The number of hydrazine groups is 1. The molecular weight excluding hydrogens is 359 g/mol. The van der Waals surface area contributed by atoms with Gasteiger partial charge in [0.2, 0.25) is 11.7 Å². The van der Waals surface area contributed by atoms with Gasteiger partial charge in [0.1, 0.15) is 5.82 Å². The Morgan fingerprint density at radius 2 is 1.71 bits per heavy atom. The van der Waals surface area contributed by atoms with Gasteiger partial charge in [-0.3, -0.25) is 10.2 Å². The number of nitrogens with one attached hydrogen (secondary N) is 2. The summed E-state index contributed by atoms with van der Waals surface area (Å²) in [5.74, 6) is -0.0610. The Kier molecular flexibility index (Phi) is 5.06. The van der Waals surface area contributed by atoms with E-state index < -0.39 is 5.41 Å². The van der Waals surface area contributed by atoms with Crippen molar-refractivity contribution in [1.29, 1.82) is 0 Å². The third kappa shape index (κ3) is 3.60. The summed E-state index contributed by atoms with van der Waals surface area (Å²) < 4.78 is 18.5. The Labute approximate surface area is 162 Å². The van der Waals surface area contributed by atoms with Crippen LogP contribution >= 0.6 is 0 Å². The first-order chi connectivity index (χ1) is 13.7. The minimum Gasteiger partial charge on any atom is -0.313 e. The van der Waals surface area contributed by atoms with Crippen molar-refractivity contribution in [2.75, 3.05) is 5.43 Å². The van der Waals surface area contributed by atoms with Crippen LogP contribution in [0.3, 0.4) is 0 Å². The fourth-order valence-electron chi connectivity index (χ4n) is 3.78. The summed E-state index contributed by atoms with van der Waals surface area (Å²) >= 11 is 0. The predicted octanol–water partition coefficient (Wildman–Crippen LogP) is 4.22. The van der Waals surface area contributed by atoms with Gasteiger partial charge >= 0.3 is 6.01 Å². The minimum atomic E-state index is -0.693. The van der Waals surface area contributed by atoms with E-state index in [1.807, 2.05) is 30.3 Å². The Morgan fingerprint density at radius 3 is 2.43 bits per heavy atom. The molecule has 1 saturated carbocycles. The van der Waals surface area contributed by atoms with E-state index in [-0.39, 0.29) is 17.7 Å². The summed E-state index contributed by atoms with van der Waals surface area (Å²) in [5.41, 5.74) is 6.38. The molecular formula is C21H21FN4O2. The van der Waals surface area contributed by atoms with Crippen LogP contribution in [0.4, 0.5) is 10.4 Å². The molecule has 0 unspecified atom stereocenters. The van der Waals surface area contributed by atoms with Gasteiger partial charge in [0.05, 0.1) is 5.41 Å².